The summed E-state index contributed by atoms with van der Waals surface area (Å²) in [6, 6.07) is 10.6. The predicted octanol–water partition coefficient (Wildman–Crippen LogP) is 3.24. The second-order valence-corrected chi connectivity index (χ2v) is 7.49. The highest BCUT2D eigenvalue weighted by Crippen LogP contribution is 2.29. The zero-order chi connectivity index (χ0) is 19.8. The average molecular weight is 395 g/mol. The molecule has 0 aliphatic carbocycles. The number of imide groups is 1. The zero-order valence-electron chi connectivity index (χ0n) is 15.3. The number of nitrogens with zero attached hydrogens (tertiary/aromatic N) is 2. The van der Waals surface area contributed by atoms with Gasteiger partial charge in [0.2, 0.25) is 5.91 Å². The molecule has 3 aromatic rings. The molecule has 2 heterocycles. The Bertz CT molecular complexity index is 1120. The summed E-state index contributed by atoms with van der Waals surface area (Å²) >= 11 is 1.34. The number of benzene rings is 2. The third kappa shape index (κ3) is 3.22. The van der Waals surface area contributed by atoms with Crippen molar-refractivity contribution < 1.29 is 19.1 Å². The van der Waals surface area contributed by atoms with Gasteiger partial charge in [-0.1, -0.05) is 23.0 Å². The first-order valence-electron chi connectivity index (χ1n) is 8.67. The van der Waals surface area contributed by atoms with Gasteiger partial charge < -0.3 is 10.1 Å². The summed E-state index contributed by atoms with van der Waals surface area (Å²) in [4.78, 5) is 42.7. The maximum Gasteiger partial charge on any atom is 0.261 e. The van der Waals surface area contributed by atoms with Crippen molar-refractivity contribution in [3.8, 4) is 5.75 Å². The maximum atomic E-state index is 12.5. The van der Waals surface area contributed by atoms with E-state index in [0.29, 0.717) is 16.3 Å². The van der Waals surface area contributed by atoms with Crippen molar-refractivity contribution in [2.45, 2.75) is 13.3 Å². The fraction of sp³-hybridized carbons (Fsp3) is 0.200. The van der Waals surface area contributed by atoms with Gasteiger partial charge in [-0.3, -0.25) is 19.3 Å². The Morgan fingerprint density at radius 3 is 2.71 bits per heavy atom. The monoisotopic (exact) mass is 395 g/mol. The van der Waals surface area contributed by atoms with Crippen LogP contribution in [0.15, 0.2) is 36.4 Å². The molecule has 0 unspecified atom stereocenters. The third-order valence-electron chi connectivity index (χ3n) is 4.53. The molecular weight excluding hydrogens is 378 g/mol. The van der Waals surface area contributed by atoms with E-state index in [1.54, 1.807) is 31.4 Å². The molecule has 0 spiro atoms. The first kappa shape index (κ1) is 18.1. The summed E-state index contributed by atoms with van der Waals surface area (Å²) in [7, 11) is 1.59. The van der Waals surface area contributed by atoms with Crippen molar-refractivity contribution in [3.63, 3.8) is 0 Å². The van der Waals surface area contributed by atoms with Crippen LogP contribution in [0.4, 0.5) is 5.13 Å². The lowest BCUT2D eigenvalue weighted by atomic mass is 10.1. The van der Waals surface area contributed by atoms with Crippen LogP contribution < -0.4 is 10.1 Å². The first-order valence-corrected chi connectivity index (χ1v) is 9.49. The van der Waals surface area contributed by atoms with Crippen molar-refractivity contribution in [2.75, 3.05) is 19.0 Å². The third-order valence-corrected chi connectivity index (χ3v) is 5.46. The average Bonchev–Trinajstić information content (AvgIpc) is 3.18. The second kappa shape index (κ2) is 7.05. The van der Waals surface area contributed by atoms with Gasteiger partial charge in [0, 0.05) is 13.0 Å². The van der Waals surface area contributed by atoms with Gasteiger partial charge in [0.1, 0.15) is 5.75 Å². The standard InChI is InChI=1S/C20H17N3O4S/c1-11-3-5-13-14(9-11)19(26)23(18(13)25)8-7-17(24)22-20-21-15-6-4-12(27-2)10-16(15)28-20/h3-6,9-10H,7-8H2,1-2H3,(H,21,22,24). The Morgan fingerprint density at radius 2 is 1.93 bits per heavy atom. The molecule has 28 heavy (non-hydrogen) atoms. The lowest BCUT2D eigenvalue weighted by Gasteiger charge is -2.12. The van der Waals surface area contributed by atoms with Gasteiger partial charge in [0.15, 0.2) is 5.13 Å². The van der Waals surface area contributed by atoms with Gasteiger partial charge in [0.05, 0.1) is 28.5 Å². The normalized spacial score (nSPS) is 13.1. The van der Waals surface area contributed by atoms with Crippen molar-refractivity contribution in [2.24, 2.45) is 0 Å². The number of aryl methyl sites for hydroxylation is 1. The number of carbonyl (C=O) groups excluding carboxylic acids is 3. The van der Waals surface area contributed by atoms with Crippen LogP contribution in [0.1, 0.15) is 32.7 Å². The minimum Gasteiger partial charge on any atom is -0.497 e. The number of anilines is 1. The Hall–Kier alpha value is -3.26. The van der Waals surface area contributed by atoms with Crippen molar-refractivity contribution in [3.05, 3.63) is 53.1 Å². The summed E-state index contributed by atoms with van der Waals surface area (Å²) in [6.07, 6.45) is 0.00367. The molecule has 7 nitrogen and oxygen atoms in total. The molecule has 2 aromatic carbocycles. The van der Waals surface area contributed by atoms with Gasteiger partial charge >= 0.3 is 0 Å². The molecule has 8 heteroatoms. The topological polar surface area (TPSA) is 88.6 Å². The number of ether oxygens (including phenoxy) is 1. The summed E-state index contributed by atoms with van der Waals surface area (Å²) < 4.78 is 6.08. The maximum absolute atomic E-state index is 12.5. The molecule has 0 bridgehead atoms. The van der Waals surface area contributed by atoms with Crippen LogP contribution in [-0.2, 0) is 4.79 Å². The van der Waals surface area contributed by atoms with Gasteiger partial charge in [-0.15, -0.1) is 0 Å². The molecule has 0 atom stereocenters. The quantitative estimate of drug-likeness (QED) is 0.670. The van der Waals surface area contributed by atoms with Crippen LogP contribution in [0, 0.1) is 6.92 Å². The van der Waals surface area contributed by atoms with Gasteiger partial charge in [0.25, 0.3) is 11.8 Å². The van der Waals surface area contributed by atoms with Gasteiger partial charge in [-0.2, -0.15) is 0 Å². The second-order valence-electron chi connectivity index (χ2n) is 6.46. The van der Waals surface area contributed by atoms with Crippen LogP contribution in [0.5, 0.6) is 5.75 Å². The van der Waals surface area contributed by atoms with E-state index in [1.807, 2.05) is 19.1 Å². The smallest absolute Gasteiger partial charge is 0.261 e. The lowest BCUT2D eigenvalue weighted by Crippen LogP contribution is -2.32. The lowest BCUT2D eigenvalue weighted by molar-refractivity contribution is -0.116. The summed E-state index contributed by atoms with van der Waals surface area (Å²) in [6.45, 7) is 1.89. The number of fused-ring (bicyclic) bond motifs is 2. The fourth-order valence-electron chi connectivity index (χ4n) is 3.09. The number of methoxy groups -OCH3 is 1. The molecule has 0 radical (unpaired) electrons. The highest BCUT2D eigenvalue weighted by atomic mass is 32.1. The van der Waals surface area contributed by atoms with E-state index in [-0.39, 0.29) is 30.7 Å². The fourth-order valence-corrected chi connectivity index (χ4v) is 4.00. The van der Waals surface area contributed by atoms with Crippen LogP contribution in [-0.4, -0.2) is 41.3 Å². The molecule has 3 amide bonds. The molecule has 4 rings (SSSR count). The van der Waals surface area contributed by atoms with E-state index >= 15 is 0 Å². The molecule has 0 saturated heterocycles. The van der Waals surface area contributed by atoms with E-state index in [2.05, 4.69) is 10.3 Å². The van der Waals surface area contributed by atoms with E-state index in [0.717, 1.165) is 26.4 Å². The van der Waals surface area contributed by atoms with E-state index in [4.69, 9.17) is 4.74 Å². The molecule has 1 aromatic heterocycles. The summed E-state index contributed by atoms with van der Waals surface area (Å²) in [5.74, 6) is -0.308. The minimum atomic E-state index is -0.361. The number of nitrogens with one attached hydrogen (secondary N) is 1. The number of carbonyl (C=O) groups is 3. The Balaban J connectivity index is 1.41. The Morgan fingerprint density at radius 1 is 1.14 bits per heavy atom. The molecule has 1 N–H and O–H groups in total. The highest BCUT2D eigenvalue weighted by Gasteiger charge is 2.35. The molecule has 1 aliphatic rings. The summed E-state index contributed by atoms with van der Waals surface area (Å²) in [5, 5.41) is 3.20. The first-order chi connectivity index (χ1) is 13.5. The zero-order valence-corrected chi connectivity index (χ0v) is 16.1. The van der Waals surface area contributed by atoms with Crippen molar-refractivity contribution >= 4 is 44.4 Å². The molecule has 142 valence electrons. The van der Waals surface area contributed by atoms with Crippen LogP contribution in [0.25, 0.3) is 10.2 Å². The van der Waals surface area contributed by atoms with Gasteiger partial charge in [-0.05, 0) is 37.3 Å². The Kier molecular flexibility index (Phi) is 4.56. The molecule has 0 fully saturated rings. The van der Waals surface area contributed by atoms with E-state index in [1.165, 1.54) is 11.3 Å². The van der Waals surface area contributed by atoms with Crippen LogP contribution in [0.2, 0.25) is 0 Å². The largest absolute Gasteiger partial charge is 0.497 e. The summed E-state index contributed by atoms with van der Waals surface area (Å²) in [5.41, 5.74) is 2.45. The van der Waals surface area contributed by atoms with Crippen LogP contribution >= 0.6 is 11.3 Å². The van der Waals surface area contributed by atoms with E-state index < -0.39 is 0 Å². The number of hydrogen-bond donors (Lipinski definition) is 1. The number of aromatic nitrogens is 1. The van der Waals surface area contributed by atoms with Crippen molar-refractivity contribution in [1.82, 2.24) is 9.88 Å². The minimum absolute atomic E-state index is 0.00367. The molecule has 1 aliphatic heterocycles. The number of hydrogen-bond acceptors (Lipinski definition) is 6. The number of amides is 3. The molecule has 0 saturated carbocycles. The number of rotatable bonds is 5. The predicted molar refractivity (Wildman–Crippen MR) is 106 cm³/mol. The highest BCUT2D eigenvalue weighted by molar-refractivity contribution is 7.22. The number of thiazole rings is 1. The molecular formula is C20H17N3O4S. The Labute approximate surface area is 164 Å². The SMILES string of the molecule is COc1ccc2nc(NC(=O)CCN3C(=O)c4ccc(C)cc4C3=O)sc2c1. The van der Waals surface area contributed by atoms with Crippen molar-refractivity contribution in [1.29, 1.82) is 0 Å². The van der Waals surface area contributed by atoms with Gasteiger partial charge in [-0.25, -0.2) is 4.98 Å². The van der Waals surface area contributed by atoms with Crippen LogP contribution in [0.3, 0.4) is 0 Å². The van der Waals surface area contributed by atoms with E-state index in [9.17, 15) is 14.4 Å².